The number of carbonyl (C=O) groups is 2. The number of hydrogen-bond acceptors (Lipinski definition) is 8. The topological polar surface area (TPSA) is 97.3 Å². The number of thiazole rings is 1. The quantitative estimate of drug-likeness (QED) is 0.346. The van der Waals surface area contributed by atoms with Gasteiger partial charge in [0, 0.05) is 41.0 Å². The molecule has 37 heavy (non-hydrogen) atoms. The Hall–Kier alpha value is -3.63. The van der Waals surface area contributed by atoms with E-state index in [2.05, 4.69) is 19.9 Å². The zero-order valence-electron chi connectivity index (χ0n) is 20.6. The molecule has 8 nitrogen and oxygen atoms in total. The molecule has 2 amide bonds. The van der Waals surface area contributed by atoms with E-state index in [0.29, 0.717) is 30.2 Å². The van der Waals surface area contributed by atoms with Gasteiger partial charge in [0.2, 0.25) is 0 Å². The lowest BCUT2D eigenvalue weighted by molar-refractivity contribution is -0.134. The first kappa shape index (κ1) is 25.0. The van der Waals surface area contributed by atoms with Crippen molar-refractivity contribution in [2.75, 3.05) is 25.0 Å². The van der Waals surface area contributed by atoms with Crippen LogP contribution in [0.5, 0.6) is 5.75 Å². The van der Waals surface area contributed by atoms with Crippen molar-refractivity contribution in [3.05, 3.63) is 75.1 Å². The number of aryl methyl sites for hydroxylation is 2. The second-order valence-corrected chi connectivity index (χ2v) is 10.6. The van der Waals surface area contributed by atoms with Gasteiger partial charge < -0.3 is 15.0 Å². The normalized spacial score (nSPS) is 13.9. The smallest absolute Gasteiger partial charge is 0.275 e. The molecule has 1 saturated heterocycles. The number of ether oxygens (including phenoxy) is 1. The minimum absolute atomic E-state index is 0.00653. The standard InChI is InChI=1S/C27H27N5O3S2/c1-17-3-8-22(13-18(17)2)35-14-25(33)32-11-9-20(10-12-32)27-29-24(15-36-27)26(34)28-21-6-4-19(5-7-21)23-16-37-31-30-23/h3-8,13,15-16,20H,9-12,14H2,1-2H3,(H,28,34). The lowest BCUT2D eigenvalue weighted by Crippen LogP contribution is -2.40. The Kier molecular flexibility index (Phi) is 7.57. The zero-order valence-corrected chi connectivity index (χ0v) is 22.3. The summed E-state index contributed by atoms with van der Waals surface area (Å²) in [6.07, 6.45) is 1.63. The van der Waals surface area contributed by atoms with Crippen LogP contribution in [-0.2, 0) is 4.79 Å². The molecule has 0 bridgehead atoms. The fraction of sp³-hybridized carbons (Fsp3) is 0.296. The van der Waals surface area contributed by atoms with Crippen molar-refractivity contribution in [3.63, 3.8) is 0 Å². The summed E-state index contributed by atoms with van der Waals surface area (Å²) in [6.45, 7) is 5.43. The van der Waals surface area contributed by atoms with E-state index in [1.807, 2.05) is 66.6 Å². The Labute approximate surface area is 223 Å². The van der Waals surface area contributed by atoms with Crippen LogP contribution >= 0.6 is 22.9 Å². The number of aromatic nitrogens is 3. The van der Waals surface area contributed by atoms with Gasteiger partial charge in [-0.1, -0.05) is 22.7 Å². The Balaban J connectivity index is 1.11. The first-order chi connectivity index (χ1) is 18.0. The molecule has 0 aliphatic carbocycles. The summed E-state index contributed by atoms with van der Waals surface area (Å²) in [5.41, 5.74) is 5.21. The summed E-state index contributed by atoms with van der Waals surface area (Å²) < 4.78 is 9.60. The predicted molar refractivity (Wildman–Crippen MR) is 145 cm³/mol. The van der Waals surface area contributed by atoms with E-state index in [-0.39, 0.29) is 24.3 Å². The monoisotopic (exact) mass is 533 g/mol. The van der Waals surface area contributed by atoms with Crippen molar-refractivity contribution in [3.8, 4) is 17.0 Å². The number of hydrogen-bond donors (Lipinski definition) is 1. The summed E-state index contributed by atoms with van der Waals surface area (Å²) in [6, 6.07) is 13.3. The highest BCUT2D eigenvalue weighted by atomic mass is 32.1. The number of anilines is 1. The summed E-state index contributed by atoms with van der Waals surface area (Å²) in [4.78, 5) is 31.9. The zero-order chi connectivity index (χ0) is 25.8. The Morgan fingerprint density at radius 3 is 2.54 bits per heavy atom. The number of likely N-dealkylation sites (tertiary alicyclic amines) is 1. The predicted octanol–water partition coefficient (Wildman–Crippen LogP) is 5.32. The largest absolute Gasteiger partial charge is 0.484 e. The third kappa shape index (κ3) is 6.03. The SMILES string of the molecule is Cc1ccc(OCC(=O)N2CCC(c3nc(C(=O)Nc4ccc(-c5csnn5)cc4)cs3)CC2)cc1C. The van der Waals surface area contributed by atoms with Crippen molar-refractivity contribution in [1.29, 1.82) is 0 Å². The molecule has 2 aromatic carbocycles. The molecule has 10 heteroatoms. The molecular weight excluding hydrogens is 506 g/mol. The second kappa shape index (κ2) is 11.2. The lowest BCUT2D eigenvalue weighted by Gasteiger charge is -2.31. The maximum absolute atomic E-state index is 12.7. The van der Waals surface area contributed by atoms with E-state index in [4.69, 9.17) is 4.74 Å². The maximum Gasteiger partial charge on any atom is 0.275 e. The number of piperidine rings is 1. The fourth-order valence-corrected chi connectivity index (χ4v) is 5.64. The second-order valence-electron chi connectivity index (χ2n) is 9.08. The van der Waals surface area contributed by atoms with Crippen LogP contribution in [0.2, 0.25) is 0 Å². The van der Waals surface area contributed by atoms with Gasteiger partial charge in [-0.05, 0) is 73.6 Å². The number of rotatable bonds is 7. The van der Waals surface area contributed by atoms with Crippen LogP contribution in [0.15, 0.2) is 53.2 Å². The van der Waals surface area contributed by atoms with Crippen molar-refractivity contribution in [2.24, 2.45) is 0 Å². The fourth-order valence-electron chi connectivity index (χ4n) is 4.21. The molecular formula is C27H27N5O3S2. The van der Waals surface area contributed by atoms with E-state index in [1.165, 1.54) is 28.4 Å². The van der Waals surface area contributed by atoms with Crippen LogP contribution in [0.4, 0.5) is 5.69 Å². The van der Waals surface area contributed by atoms with Gasteiger partial charge in [-0.25, -0.2) is 4.98 Å². The summed E-state index contributed by atoms with van der Waals surface area (Å²) in [5.74, 6) is 0.713. The van der Waals surface area contributed by atoms with E-state index >= 15 is 0 Å². The van der Waals surface area contributed by atoms with Crippen molar-refractivity contribution < 1.29 is 14.3 Å². The minimum atomic E-state index is -0.235. The molecule has 2 aromatic heterocycles. The van der Waals surface area contributed by atoms with Gasteiger partial charge in [0.25, 0.3) is 11.8 Å². The number of nitrogens with one attached hydrogen (secondary N) is 1. The molecule has 0 saturated carbocycles. The summed E-state index contributed by atoms with van der Waals surface area (Å²) in [7, 11) is 0. The molecule has 0 atom stereocenters. The molecule has 0 radical (unpaired) electrons. The third-order valence-corrected chi connectivity index (χ3v) is 8.10. The van der Waals surface area contributed by atoms with Crippen molar-refractivity contribution in [1.82, 2.24) is 19.5 Å². The average molecular weight is 534 g/mol. The summed E-state index contributed by atoms with van der Waals surface area (Å²) >= 11 is 2.80. The molecule has 4 aromatic rings. The van der Waals surface area contributed by atoms with Gasteiger partial charge in [0.15, 0.2) is 6.61 Å². The molecule has 0 unspecified atom stereocenters. The first-order valence-corrected chi connectivity index (χ1v) is 13.8. The van der Waals surface area contributed by atoms with E-state index in [0.717, 1.165) is 34.7 Å². The van der Waals surface area contributed by atoms with Gasteiger partial charge in [-0.2, -0.15) is 0 Å². The average Bonchev–Trinajstić information content (AvgIpc) is 3.63. The van der Waals surface area contributed by atoms with Gasteiger partial charge in [-0.3, -0.25) is 9.59 Å². The molecule has 190 valence electrons. The van der Waals surface area contributed by atoms with E-state index in [1.54, 1.807) is 5.38 Å². The van der Waals surface area contributed by atoms with Crippen LogP contribution in [0.25, 0.3) is 11.3 Å². The molecule has 0 spiro atoms. The Bertz CT molecular complexity index is 1380. The van der Waals surface area contributed by atoms with Gasteiger partial charge >= 0.3 is 0 Å². The van der Waals surface area contributed by atoms with E-state index in [9.17, 15) is 9.59 Å². The van der Waals surface area contributed by atoms with Crippen LogP contribution in [0, 0.1) is 13.8 Å². The molecule has 1 aliphatic heterocycles. The van der Waals surface area contributed by atoms with Crippen LogP contribution in [-0.4, -0.2) is 51.0 Å². The first-order valence-electron chi connectivity index (χ1n) is 12.1. The Morgan fingerprint density at radius 2 is 1.84 bits per heavy atom. The third-order valence-electron chi connectivity index (χ3n) is 6.59. The number of carbonyl (C=O) groups excluding carboxylic acids is 2. The maximum atomic E-state index is 12.7. The highest BCUT2D eigenvalue weighted by molar-refractivity contribution is 7.10. The molecule has 1 aliphatic rings. The van der Waals surface area contributed by atoms with Crippen LogP contribution in [0.1, 0.15) is 45.4 Å². The van der Waals surface area contributed by atoms with Crippen molar-refractivity contribution >= 4 is 40.4 Å². The van der Waals surface area contributed by atoms with Crippen molar-refractivity contribution in [2.45, 2.75) is 32.6 Å². The van der Waals surface area contributed by atoms with Crippen LogP contribution < -0.4 is 10.1 Å². The number of benzene rings is 2. The lowest BCUT2D eigenvalue weighted by atomic mass is 9.97. The van der Waals surface area contributed by atoms with E-state index < -0.39 is 0 Å². The molecule has 1 N–H and O–H groups in total. The Morgan fingerprint density at radius 1 is 1.05 bits per heavy atom. The summed E-state index contributed by atoms with van der Waals surface area (Å²) in [5, 5.41) is 11.6. The number of nitrogens with zero attached hydrogens (tertiary/aromatic N) is 4. The minimum Gasteiger partial charge on any atom is -0.484 e. The number of amides is 2. The highest BCUT2D eigenvalue weighted by Crippen LogP contribution is 2.31. The van der Waals surface area contributed by atoms with Gasteiger partial charge in [-0.15, -0.1) is 16.4 Å². The van der Waals surface area contributed by atoms with Crippen LogP contribution in [0.3, 0.4) is 0 Å². The van der Waals surface area contributed by atoms with Gasteiger partial charge in [0.1, 0.15) is 17.1 Å². The molecule has 3 heterocycles. The molecule has 1 fully saturated rings. The molecule has 5 rings (SSSR count). The van der Waals surface area contributed by atoms with Gasteiger partial charge in [0.05, 0.1) is 5.01 Å². The highest BCUT2D eigenvalue weighted by Gasteiger charge is 2.26.